The molecule has 0 radical (unpaired) electrons. The summed E-state index contributed by atoms with van der Waals surface area (Å²) in [6, 6.07) is 0. The number of likely N-dealkylation sites (tertiary alicyclic amines) is 1. The Kier molecular flexibility index (Phi) is 3.73. The van der Waals surface area contributed by atoms with Gasteiger partial charge in [-0.2, -0.15) is 0 Å². The van der Waals surface area contributed by atoms with E-state index in [4.69, 9.17) is 0 Å². The molecule has 0 aromatic heterocycles. The Morgan fingerprint density at radius 3 is 2.12 bits per heavy atom. The van der Waals surface area contributed by atoms with Crippen molar-refractivity contribution in [2.75, 3.05) is 6.54 Å². The Morgan fingerprint density at radius 2 is 1.75 bits per heavy atom. The molecule has 1 fully saturated rings. The molecule has 0 aromatic rings. The monoisotopic (exact) mass is 227 g/mol. The first-order valence-electron chi connectivity index (χ1n) is 5.73. The molecule has 1 N–H and O–H groups in total. The second kappa shape index (κ2) is 4.53. The van der Waals surface area contributed by atoms with Crippen LogP contribution in [0.5, 0.6) is 0 Å². The minimum atomic E-state index is -0.672. The van der Waals surface area contributed by atoms with Gasteiger partial charge in [0.15, 0.2) is 0 Å². The van der Waals surface area contributed by atoms with Crippen LogP contribution in [-0.4, -0.2) is 34.5 Å². The SMILES string of the molecule is CC1CC(=O)N(CC(O)C(C)(C)C)C(=O)C1. The zero-order valence-corrected chi connectivity index (χ0v) is 10.5. The molecule has 0 aromatic carbocycles. The largest absolute Gasteiger partial charge is 0.391 e. The zero-order chi connectivity index (χ0) is 12.5. The number of rotatable bonds is 2. The molecule has 92 valence electrons. The van der Waals surface area contributed by atoms with Gasteiger partial charge in [-0.3, -0.25) is 14.5 Å². The van der Waals surface area contributed by atoms with Crippen molar-refractivity contribution >= 4 is 11.8 Å². The van der Waals surface area contributed by atoms with Crippen LogP contribution in [0.4, 0.5) is 0 Å². The topological polar surface area (TPSA) is 57.6 Å². The van der Waals surface area contributed by atoms with E-state index < -0.39 is 6.10 Å². The zero-order valence-electron chi connectivity index (χ0n) is 10.5. The van der Waals surface area contributed by atoms with Crippen LogP contribution in [0.15, 0.2) is 0 Å². The van der Waals surface area contributed by atoms with E-state index in [9.17, 15) is 14.7 Å². The summed E-state index contributed by atoms with van der Waals surface area (Å²) in [5.41, 5.74) is -0.316. The van der Waals surface area contributed by atoms with Crippen LogP contribution in [0, 0.1) is 11.3 Å². The number of aliphatic hydroxyl groups excluding tert-OH is 1. The number of aliphatic hydroxyl groups is 1. The summed E-state index contributed by atoms with van der Waals surface area (Å²) in [6.45, 7) is 7.68. The minimum Gasteiger partial charge on any atom is -0.391 e. The number of hydrogen-bond donors (Lipinski definition) is 1. The molecule has 1 saturated heterocycles. The first kappa shape index (κ1) is 13.2. The predicted octanol–water partition coefficient (Wildman–Crippen LogP) is 1.18. The maximum atomic E-state index is 11.7. The Balaban J connectivity index is 2.67. The van der Waals surface area contributed by atoms with E-state index >= 15 is 0 Å². The third-order valence-electron chi connectivity index (χ3n) is 3.00. The van der Waals surface area contributed by atoms with E-state index in [-0.39, 0.29) is 29.7 Å². The quantitative estimate of drug-likeness (QED) is 0.721. The van der Waals surface area contributed by atoms with Gasteiger partial charge in [0.1, 0.15) is 0 Å². The van der Waals surface area contributed by atoms with Crippen LogP contribution in [0.1, 0.15) is 40.5 Å². The third kappa shape index (κ3) is 3.04. The van der Waals surface area contributed by atoms with Gasteiger partial charge < -0.3 is 5.11 Å². The molecule has 1 aliphatic rings. The van der Waals surface area contributed by atoms with Gasteiger partial charge in [0.05, 0.1) is 12.6 Å². The van der Waals surface area contributed by atoms with Crippen LogP contribution >= 0.6 is 0 Å². The number of nitrogens with zero attached hydrogens (tertiary/aromatic N) is 1. The molecule has 2 amide bonds. The number of β-amino-alcohol motifs (C(OH)–C–C–N with tert-alkyl or cyclic N) is 1. The van der Waals surface area contributed by atoms with Gasteiger partial charge >= 0.3 is 0 Å². The molecule has 16 heavy (non-hydrogen) atoms. The summed E-state index contributed by atoms with van der Waals surface area (Å²) in [5.74, 6) is -0.192. The lowest BCUT2D eigenvalue weighted by molar-refractivity contribution is -0.152. The summed E-state index contributed by atoms with van der Waals surface area (Å²) in [4.78, 5) is 24.5. The van der Waals surface area contributed by atoms with Crippen molar-refractivity contribution in [2.24, 2.45) is 11.3 Å². The molecule has 4 heteroatoms. The molecule has 0 saturated carbocycles. The molecule has 0 bridgehead atoms. The van der Waals surface area contributed by atoms with Gasteiger partial charge in [-0.1, -0.05) is 27.7 Å². The summed E-state index contributed by atoms with van der Waals surface area (Å²) >= 11 is 0. The number of piperidine rings is 1. The van der Waals surface area contributed by atoms with Gasteiger partial charge in [0.2, 0.25) is 11.8 Å². The van der Waals surface area contributed by atoms with Crippen LogP contribution < -0.4 is 0 Å². The highest BCUT2D eigenvalue weighted by atomic mass is 16.3. The summed E-state index contributed by atoms with van der Waals surface area (Å²) in [6.07, 6.45) is 0.138. The van der Waals surface area contributed by atoms with E-state index in [0.29, 0.717) is 12.8 Å². The fraction of sp³-hybridized carbons (Fsp3) is 0.833. The Bertz CT molecular complexity index is 275. The van der Waals surface area contributed by atoms with Crippen molar-refractivity contribution in [3.05, 3.63) is 0 Å². The average molecular weight is 227 g/mol. The Morgan fingerprint density at radius 1 is 1.31 bits per heavy atom. The van der Waals surface area contributed by atoms with E-state index in [0.717, 1.165) is 0 Å². The third-order valence-corrected chi connectivity index (χ3v) is 3.00. The van der Waals surface area contributed by atoms with Crippen molar-refractivity contribution in [3.8, 4) is 0 Å². The van der Waals surface area contributed by atoms with Crippen LogP contribution in [-0.2, 0) is 9.59 Å². The van der Waals surface area contributed by atoms with Gasteiger partial charge in [-0.05, 0) is 11.3 Å². The highest BCUT2D eigenvalue weighted by Crippen LogP contribution is 2.24. The number of carbonyl (C=O) groups is 2. The maximum Gasteiger partial charge on any atom is 0.229 e. The van der Waals surface area contributed by atoms with Crippen molar-refractivity contribution < 1.29 is 14.7 Å². The van der Waals surface area contributed by atoms with E-state index in [1.54, 1.807) is 0 Å². The molecule has 1 atom stereocenters. The maximum absolute atomic E-state index is 11.7. The average Bonchev–Trinajstić information content (AvgIpc) is 2.08. The van der Waals surface area contributed by atoms with E-state index in [1.807, 2.05) is 27.7 Å². The molecule has 1 heterocycles. The normalized spacial score (nSPS) is 21.4. The number of carbonyl (C=O) groups excluding carboxylic acids is 2. The van der Waals surface area contributed by atoms with Gasteiger partial charge in [0, 0.05) is 12.8 Å². The lowest BCUT2D eigenvalue weighted by Gasteiger charge is -2.34. The first-order chi connectivity index (χ1) is 7.21. The molecule has 1 unspecified atom stereocenters. The predicted molar refractivity (Wildman–Crippen MR) is 60.6 cm³/mol. The van der Waals surface area contributed by atoms with Crippen LogP contribution in [0.25, 0.3) is 0 Å². The molecule has 0 aliphatic carbocycles. The van der Waals surface area contributed by atoms with E-state index in [1.165, 1.54) is 4.90 Å². The van der Waals surface area contributed by atoms with Gasteiger partial charge in [-0.15, -0.1) is 0 Å². The second-order valence-electron chi connectivity index (χ2n) is 5.79. The molecular formula is C12H21NO3. The van der Waals surface area contributed by atoms with Crippen molar-refractivity contribution in [1.82, 2.24) is 4.90 Å². The summed E-state index contributed by atoms with van der Waals surface area (Å²) in [5, 5.41) is 9.89. The van der Waals surface area contributed by atoms with Crippen LogP contribution in [0.3, 0.4) is 0 Å². The highest BCUT2D eigenvalue weighted by Gasteiger charge is 2.34. The minimum absolute atomic E-state index is 0.119. The Labute approximate surface area is 96.6 Å². The van der Waals surface area contributed by atoms with Gasteiger partial charge in [-0.25, -0.2) is 0 Å². The van der Waals surface area contributed by atoms with Crippen LogP contribution in [0.2, 0.25) is 0 Å². The molecule has 1 aliphatic heterocycles. The Hall–Kier alpha value is -0.900. The number of hydrogen-bond acceptors (Lipinski definition) is 3. The smallest absolute Gasteiger partial charge is 0.229 e. The van der Waals surface area contributed by atoms with E-state index in [2.05, 4.69) is 0 Å². The second-order valence-corrected chi connectivity index (χ2v) is 5.79. The lowest BCUT2D eigenvalue weighted by atomic mass is 9.88. The standard InChI is InChI=1S/C12H21NO3/c1-8-5-10(15)13(11(16)6-8)7-9(14)12(2,3)4/h8-9,14H,5-7H2,1-4H3. The summed E-state index contributed by atoms with van der Waals surface area (Å²) in [7, 11) is 0. The lowest BCUT2D eigenvalue weighted by Crippen LogP contribution is -2.48. The fourth-order valence-corrected chi connectivity index (χ4v) is 1.68. The fourth-order valence-electron chi connectivity index (χ4n) is 1.68. The van der Waals surface area contributed by atoms with Crippen molar-refractivity contribution in [1.29, 1.82) is 0 Å². The molecule has 1 rings (SSSR count). The number of imide groups is 1. The number of amides is 2. The molecular weight excluding hydrogens is 206 g/mol. The van der Waals surface area contributed by atoms with Crippen molar-refractivity contribution in [3.63, 3.8) is 0 Å². The molecule has 4 nitrogen and oxygen atoms in total. The van der Waals surface area contributed by atoms with Crippen molar-refractivity contribution in [2.45, 2.75) is 46.6 Å². The summed E-state index contributed by atoms with van der Waals surface area (Å²) < 4.78 is 0. The highest BCUT2D eigenvalue weighted by molar-refractivity contribution is 5.97. The van der Waals surface area contributed by atoms with Gasteiger partial charge in [0.25, 0.3) is 0 Å². The molecule has 0 spiro atoms. The first-order valence-corrected chi connectivity index (χ1v) is 5.73.